The van der Waals surface area contributed by atoms with Crippen LogP contribution < -0.4 is 0 Å². The Balaban J connectivity index is 1.54. The fourth-order valence-corrected chi connectivity index (χ4v) is 3.46. The van der Waals surface area contributed by atoms with Crippen LogP contribution in [0.15, 0.2) is 6.20 Å². The number of hydrogen-bond acceptors (Lipinski definition) is 3. The maximum absolute atomic E-state index is 12.4. The Morgan fingerprint density at radius 3 is 2.95 bits per heavy atom. The minimum absolute atomic E-state index is 0.0984. The fraction of sp³-hybridized carbons (Fsp3) is 0.688. The van der Waals surface area contributed by atoms with Crippen LogP contribution >= 0.6 is 0 Å². The van der Waals surface area contributed by atoms with Crippen molar-refractivity contribution in [2.24, 2.45) is 5.92 Å². The van der Waals surface area contributed by atoms with Crippen molar-refractivity contribution in [3.8, 4) is 0 Å². The molecule has 2 aliphatic rings. The summed E-state index contributed by atoms with van der Waals surface area (Å²) in [5, 5.41) is 7.12. The molecule has 3 rings (SSSR count). The first-order chi connectivity index (χ1) is 10.6. The molecule has 0 aromatic carbocycles. The normalized spacial score (nSPS) is 22.4. The molecule has 2 aliphatic heterocycles. The minimum atomic E-state index is 0.0984. The number of carbonyl (C=O) groups is 2. The number of hydrogen-bond donors (Lipinski definition) is 1. The molecule has 2 saturated heterocycles. The van der Waals surface area contributed by atoms with Crippen LogP contribution in [0.2, 0.25) is 0 Å². The summed E-state index contributed by atoms with van der Waals surface area (Å²) >= 11 is 0. The van der Waals surface area contributed by atoms with Gasteiger partial charge in [0.25, 0.3) is 0 Å². The van der Waals surface area contributed by atoms with Crippen molar-refractivity contribution in [2.75, 3.05) is 26.2 Å². The molecule has 0 unspecified atom stereocenters. The average molecular weight is 304 g/mol. The van der Waals surface area contributed by atoms with Crippen LogP contribution in [0.25, 0.3) is 0 Å². The number of rotatable bonds is 4. The summed E-state index contributed by atoms with van der Waals surface area (Å²) in [5.41, 5.74) is 2.36. The molecule has 1 aromatic heterocycles. The van der Waals surface area contributed by atoms with Gasteiger partial charge in [-0.15, -0.1) is 0 Å². The molecule has 1 aromatic rings. The first kappa shape index (κ1) is 15.1. The van der Waals surface area contributed by atoms with Crippen LogP contribution in [0.5, 0.6) is 0 Å². The Hall–Kier alpha value is -1.85. The molecule has 120 valence electrons. The highest BCUT2D eigenvalue weighted by molar-refractivity contribution is 5.85. The smallest absolute Gasteiger partial charge is 0.242 e. The van der Waals surface area contributed by atoms with E-state index >= 15 is 0 Å². The van der Waals surface area contributed by atoms with E-state index in [0.29, 0.717) is 12.3 Å². The lowest BCUT2D eigenvalue weighted by Gasteiger charge is -2.33. The molecular formula is C16H24N4O2. The highest BCUT2D eigenvalue weighted by atomic mass is 16.2. The zero-order valence-corrected chi connectivity index (χ0v) is 13.2. The number of aromatic amines is 1. The number of nitrogens with one attached hydrogen (secondary N) is 1. The van der Waals surface area contributed by atoms with Crippen LogP contribution in [0.1, 0.15) is 36.9 Å². The highest BCUT2D eigenvalue weighted by Gasteiger charge is 2.28. The molecule has 1 atom stereocenters. The summed E-state index contributed by atoms with van der Waals surface area (Å²) in [6, 6.07) is 0. The van der Waals surface area contributed by atoms with Crippen LogP contribution in [-0.4, -0.2) is 58.0 Å². The maximum Gasteiger partial charge on any atom is 0.242 e. The molecule has 2 fully saturated rings. The first-order valence-electron chi connectivity index (χ1n) is 8.18. The standard InChI is InChI=1S/C16H24N4O2/c1-12-9-17-18-14(12)8-13-4-2-6-19(10-13)16(22)11-20-7-3-5-15(20)21/h9,13H,2-8,10-11H2,1H3,(H,17,18)/t13-/m0/s1. The minimum Gasteiger partial charge on any atom is -0.341 e. The van der Waals surface area contributed by atoms with Crippen molar-refractivity contribution >= 4 is 11.8 Å². The Kier molecular flexibility index (Phi) is 4.45. The lowest BCUT2D eigenvalue weighted by atomic mass is 9.92. The third-order valence-electron chi connectivity index (χ3n) is 4.80. The Bertz CT molecular complexity index is 554. The lowest BCUT2D eigenvalue weighted by Crippen LogP contribution is -2.45. The third-order valence-corrected chi connectivity index (χ3v) is 4.80. The van der Waals surface area contributed by atoms with Gasteiger partial charge in [-0.1, -0.05) is 0 Å². The molecule has 2 amide bonds. The molecule has 6 nitrogen and oxygen atoms in total. The second kappa shape index (κ2) is 6.50. The molecule has 22 heavy (non-hydrogen) atoms. The second-order valence-electron chi connectivity index (χ2n) is 6.50. The van der Waals surface area contributed by atoms with Gasteiger partial charge in [-0.2, -0.15) is 5.10 Å². The third kappa shape index (κ3) is 3.31. The molecule has 3 heterocycles. The van der Waals surface area contributed by atoms with Crippen LogP contribution in [-0.2, 0) is 16.0 Å². The van der Waals surface area contributed by atoms with E-state index in [-0.39, 0.29) is 18.4 Å². The number of nitrogens with zero attached hydrogens (tertiary/aromatic N) is 3. The largest absolute Gasteiger partial charge is 0.341 e. The van der Waals surface area contributed by atoms with Crippen molar-refractivity contribution in [2.45, 2.75) is 39.0 Å². The summed E-state index contributed by atoms with van der Waals surface area (Å²) in [4.78, 5) is 27.7. The van der Waals surface area contributed by atoms with E-state index < -0.39 is 0 Å². The van der Waals surface area contributed by atoms with Gasteiger partial charge in [0.1, 0.15) is 0 Å². The lowest BCUT2D eigenvalue weighted by molar-refractivity contribution is -0.139. The quantitative estimate of drug-likeness (QED) is 0.906. The number of aryl methyl sites for hydroxylation is 1. The van der Waals surface area contributed by atoms with Gasteiger partial charge in [-0.25, -0.2) is 0 Å². The molecule has 0 saturated carbocycles. The van der Waals surface area contributed by atoms with Crippen molar-refractivity contribution in [3.05, 3.63) is 17.5 Å². The van der Waals surface area contributed by atoms with Crippen molar-refractivity contribution in [1.29, 1.82) is 0 Å². The van der Waals surface area contributed by atoms with E-state index in [2.05, 4.69) is 17.1 Å². The van der Waals surface area contributed by atoms with Crippen LogP contribution in [0.3, 0.4) is 0 Å². The summed E-state index contributed by atoms with van der Waals surface area (Å²) in [5.74, 6) is 0.697. The molecule has 6 heteroatoms. The predicted octanol–water partition coefficient (Wildman–Crippen LogP) is 1.12. The van der Waals surface area contributed by atoms with E-state index in [1.165, 1.54) is 11.3 Å². The van der Waals surface area contributed by atoms with Gasteiger partial charge in [0, 0.05) is 31.7 Å². The topological polar surface area (TPSA) is 69.3 Å². The first-order valence-corrected chi connectivity index (χ1v) is 8.18. The number of likely N-dealkylation sites (tertiary alicyclic amines) is 2. The summed E-state index contributed by atoms with van der Waals surface area (Å²) < 4.78 is 0. The number of piperidine rings is 1. The number of carbonyl (C=O) groups excluding carboxylic acids is 2. The van der Waals surface area contributed by atoms with Gasteiger partial charge < -0.3 is 9.80 Å². The summed E-state index contributed by atoms with van der Waals surface area (Å²) in [6.45, 7) is 4.66. The van der Waals surface area contributed by atoms with Gasteiger partial charge in [-0.05, 0) is 44.1 Å². The van der Waals surface area contributed by atoms with Crippen molar-refractivity contribution in [1.82, 2.24) is 20.0 Å². The Morgan fingerprint density at radius 1 is 1.41 bits per heavy atom. The van der Waals surface area contributed by atoms with E-state index in [0.717, 1.165) is 45.3 Å². The highest BCUT2D eigenvalue weighted by Crippen LogP contribution is 2.22. The van der Waals surface area contributed by atoms with Crippen molar-refractivity contribution in [3.63, 3.8) is 0 Å². The average Bonchev–Trinajstić information content (AvgIpc) is 3.09. The molecule has 0 aliphatic carbocycles. The SMILES string of the molecule is Cc1cn[nH]c1C[C@@H]1CCCN(C(=O)CN2CCCC2=O)C1. The van der Waals surface area contributed by atoms with Gasteiger partial charge >= 0.3 is 0 Å². The number of aromatic nitrogens is 2. The molecule has 0 radical (unpaired) electrons. The van der Waals surface area contributed by atoms with Crippen LogP contribution in [0.4, 0.5) is 0 Å². The molecule has 0 spiro atoms. The van der Waals surface area contributed by atoms with Crippen molar-refractivity contribution < 1.29 is 9.59 Å². The summed E-state index contributed by atoms with van der Waals surface area (Å²) in [7, 11) is 0. The predicted molar refractivity (Wildman–Crippen MR) is 82.1 cm³/mol. The zero-order chi connectivity index (χ0) is 15.5. The van der Waals surface area contributed by atoms with E-state index in [1.54, 1.807) is 4.90 Å². The van der Waals surface area contributed by atoms with E-state index in [4.69, 9.17) is 0 Å². The fourth-order valence-electron chi connectivity index (χ4n) is 3.46. The summed E-state index contributed by atoms with van der Waals surface area (Å²) in [6.07, 6.45) is 6.45. The number of amides is 2. The second-order valence-corrected chi connectivity index (χ2v) is 6.50. The van der Waals surface area contributed by atoms with E-state index in [1.807, 2.05) is 11.1 Å². The van der Waals surface area contributed by atoms with Gasteiger partial charge in [0.05, 0.1) is 12.7 Å². The van der Waals surface area contributed by atoms with Gasteiger partial charge in [0.2, 0.25) is 11.8 Å². The number of H-pyrrole nitrogens is 1. The van der Waals surface area contributed by atoms with Gasteiger partial charge in [-0.3, -0.25) is 14.7 Å². The van der Waals surface area contributed by atoms with Gasteiger partial charge in [0.15, 0.2) is 0 Å². The van der Waals surface area contributed by atoms with E-state index in [9.17, 15) is 9.59 Å². The molecule has 0 bridgehead atoms. The Labute approximate surface area is 130 Å². The zero-order valence-electron chi connectivity index (χ0n) is 13.2. The Morgan fingerprint density at radius 2 is 2.27 bits per heavy atom. The molecular weight excluding hydrogens is 280 g/mol. The maximum atomic E-state index is 12.4. The monoisotopic (exact) mass is 304 g/mol. The van der Waals surface area contributed by atoms with Crippen LogP contribution in [0, 0.1) is 12.8 Å². The molecule has 1 N–H and O–H groups in total.